The third-order valence-corrected chi connectivity index (χ3v) is 7.32. The third-order valence-electron chi connectivity index (χ3n) is 7.32. The van der Waals surface area contributed by atoms with Gasteiger partial charge in [-0.1, -0.05) is 95.3 Å². The maximum absolute atomic E-state index is 11.9. The van der Waals surface area contributed by atoms with Gasteiger partial charge in [0.05, 0.1) is 13.0 Å². The molecule has 0 unspecified atom stereocenters. The van der Waals surface area contributed by atoms with Crippen molar-refractivity contribution in [3.8, 4) is 16.9 Å². The van der Waals surface area contributed by atoms with Gasteiger partial charge in [-0.05, 0) is 72.4 Å². The summed E-state index contributed by atoms with van der Waals surface area (Å²) in [6.45, 7) is 15.5. The normalized spacial score (nSPS) is 10.9. The van der Waals surface area contributed by atoms with E-state index in [0.717, 1.165) is 36.0 Å². The van der Waals surface area contributed by atoms with Crippen LogP contribution < -0.4 is 4.74 Å². The predicted molar refractivity (Wildman–Crippen MR) is 177 cm³/mol. The third kappa shape index (κ3) is 11.3. The number of benzene rings is 3. The van der Waals surface area contributed by atoms with Crippen LogP contribution in [0.25, 0.3) is 11.1 Å². The van der Waals surface area contributed by atoms with Crippen molar-refractivity contribution in [3.05, 3.63) is 89.0 Å². The second-order valence-electron chi connectivity index (χ2n) is 11.6. The molecule has 3 rings (SSSR count). The van der Waals surface area contributed by atoms with Crippen LogP contribution in [-0.4, -0.2) is 40.9 Å². The molecule has 0 aromatic heterocycles. The van der Waals surface area contributed by atoms with E-state index in [1.165, 1.54) is 11.1 Å². The Balaban J connectivity index is 0.000000448. The first-order valence-electron chi connectivity index (χ1n) is 15.5. The molecule has 0 atom stereocenters. The lowest BCUT2D eigenvalue weighted by Crippen LogP contribution is -2.35. The van der Waals surface area contributed by atoms with Gasteiger partial charge in [0.2, 0.25) is 5.91 Å². The SMILES string of the molecule is CCOc1cc(-c2cccc(CCCC(=N)N(CC)C(=O)CC)c2)ccc1CC(=O)O.CCc1ccc(C(C)(C)C)cc1. The monoisotopic (exact) mass is 586 g/mol. The van der Waals surface area contributed by atoms with Crippen molar-refractivity contribution in [2.75, 3.05) is 13.2 Å². The highest BCUT2D eigenvalue weighted by atomic mass is 16.5. The molecular weight excluding hydrogens is 536 g/mol. The van der Waals surface area contributed by atoms with Crippen LogP contribution in [0.5, 0.6) is 5.75 Å². The molecule has 0 bridgehead atoms. The highest BCUT2D eigenvalue weighted by Gasteiger charge is 2.15. The summed E-state index contributed by atoms with van der Waals surface area (Å²) in [5.74, 6) is 0.0804. The van der Waals surface area contributed by atoms with Crippen LogP contribution in [0.3, 0.4) is 0 Å². The number of amidine groups is 1. The van der Waals surface area contributed by atoms with Gasteiger partial charge < -0.3 is 14.7 Å². The topological polar surface area (TPSA) is 90.7 Å². The number of aryl methyl sites for hydroxylation is 2. The largest absolute Gasteiger partial charge is 0.494 e. The molecule has 0 fully saturated rings. The van der Waals surface area contributed by atoms with Crippen LogP contribution in [0.1, 0.15) is 90.0 Å². The van der Waals surface area contributed by atoms with E-state index in [-0.39, 0.29) is 17.7 Å². The Hall–Kier alpha value is -3.93. The molecule has 232 valence electrons. The first kappa shape index (κ1) is 35.3. The first-order valence-corrected chi connectivity index (χ1v) is 15.5. The molecule has 2 N–H and O–H groups in total. The number of aliphatic carboxylic acids is 1. The van der Waals surface area contributed by atoms with Crippen molar-refractivity contribution >= 4 is 17.7 Å². The van der Waals surface area contributed by atoms with Crippen molar-refractivity contribution < 1.29 is 19.4 Å². The Kier molecular flexibility index (Phi) is 14.1. The number of rotatable bonds is 12. The molecule has 0 spiro atoms. The molecule has 1 amide bonds. The lowest BCUT2D eigenvalue weighted by Gasteiger charge is -2.21. The van der Waals surface area contributed by atoms with Crippen molar-refractivity contribution in [1.82, 2.24) is 4.90 Å². The van der Waals surface area contributed by atoms with Crippen LogP contribution in [0, 0.1) is 5.41 Å². The molecule has 0 aliphatic carbocycles. The Labute approximate surface area is 258 Å². The Morgan fingerprint density at radius 2 is 1.56 bits per heavy atom. The Morgan fingerprint density at radius 3 is 2.12 bits per heavy atom. The van der Waals surface area contributed by atoms with Gasteiger partial charge in [0.25, 0.3) is 0 Å². The molecule has 3 aromatic rings. The quantitative estimate of drug-likeness (QED) is 0.164. The van der Waals surface area contributed by atoms with Crippen molar-refractivity contribution in [3.63, 3.8) is 0 Å². The molecule has 0 aliphatic rings. The Bertz CT molecular complexity index is 1340. The number of carboxylic acids is 1. The number of nitrogens with one attached hydrogen (secondary N) is 1. The van der Waals surface area contributed by atoms with Crippen molar-refractivity contribution in [2.24, 2.45) is 0 Å². The molecule has 6 nitrogen and oxygen atoms in total. The molecule has 3 aromatic carbocycles. The summed E-state index contributed by atoms with van der Waals surface area (Å²) < 4.78 is 5.66. The average Bonchev–Trinajstić information content (AvgIpc) is 2.98. The molecule has 0 radical (unpaired) electrons. The first-order chi connectivity index (χ1) is 20.4. The fraction of sp³-hybridized carbons (Fsp3) is 0.432. The van der Waals surface area contributed by atoms with Crippen LogP contribution in [0.2, 0.25) is 0 Å². The lowest BCUT2D eigenvalue weighted by molar-refractivity contribution is -0.136. The van der Waals surface area contributed by atoms with Gasteiger partial charge in [0, 0.05) is 24.9 Å². The number of amides is 1. The van der Waals surface area contributed by atoms with E-state index < -0.39 is 5.97 Å². The number of hydrogen-bond acceptors (Lipinski definition) is 4. The summed E-state index contributed by atoms with van der Waals surface area (Å²) in [6, 6.07) is 22.7. The van der Waals surface area contributed by atoms with Crippen molar-refractivity contribution in [1.29, 1.82) is 5.41 Å². The highest BCUT2D eigenvalue weighted by Crippen LogP contribution is 2.29. The average molecular weight is 587 g/mol. The van der Waals surface area contributed by atoms with E-state index in [0.29, 0.717) is 43.1 Å². The predicted octanol–water partition coefficient (Wildman–Crippen LogP) is 8.48. The summed E-state index contributed by atoms with van der Waals surface area (Å²) in [4.78, 5) is 24.6. The molecule has 0 saturated heterocycles. The summed E-state index contributed by atoms with van der Waals surface area (Å²) in [5, 5.41) is 17.3. The highest BCUT2D eigenvalue weighted by molar-refractivity contribution is 5.96. The van der Waals surface area contributed by atoms with Gasteiger partial charge in [0.1, 0.15) is 11.6 Å². The van der Waals surface area contributed by atoms with Gasteiger partial charge >= 0.3 is 5.97 Å². The summed E-state index contributed by atoms with van der Waals surface area (Å²) in [6.07, 6.45) is 3.62. The minimum absolute atomic E-state index is 0.00838. The van der Waals surface area contributed by atoms with Gasteiger partial charge in [-0.3, -0.25) is 15.0 Å². The zero-order valence-electron chi connectivity index (χ0n) is 27.1. The van der Waals surface area contributed by atoms with Gasteiger partial charge in [-0.15, -0.1) is 0 Å². The summed E-state index contributed by atoms with van der Waals surface area (Å²) in [7, 11) is 0. The van der Waals surface area contributed by atoms with Crippen LogP contribution in [0.15, 0.2) is 66.7 Å². The van der Waals surface area contributed by atoms with Crippen LogP contribution in [-0.2, 0) is 34.3 Å². The smallest absolute Gasteiger partial charge is 0.307 e. The van der Waals surface area contributed by atoms with E-state index in [1.807, 2.05) is 51.1 Å². The van der Waals surface area contributed by atoms with Crippen LogP contribution >= 0.6 is 0 Å². The number of carboxylic acid groups (broad SMARTS) is 1. The molecule has 6 heteroatoms. The molecule has 0 saturated carbocycles. The number of nitrogens with zero attached hydrogens (tertiary/aromatic N) is 1. The second-order valence-corrected chi connectivity index (χ2v) is 11.6. The Morgan fingerprint density at radius 1 is 0.884 bits per heavy atom. The maximum Gasteiger partial charge on any atom is 0.307 e. The van der Waals surface area contributed by atoms with E-state index >= 15 is 0 Å². The zero-order valence-corrected chi connectivity index (χ0v) is 27.1. The standard InChI is InChI=1S/C25H32N2O4.C12H18/c1-4-24(28)27(5-2)23(26)12-8-10-18-9-7-11-19(15-18)20-13-14-21(17-25(29)30)22(16-20)31-6-3;1-5-10-6-8-11(9-7-10)12(2,3)4/h7,9,11,13-16,26H,4-6,8,10,12,17H2,1-3H3,(H,29,30);6-9H,5H2,1-4H3. The number of carbonyl (C=O) groups is 2. The fourth-order valence-electron chi connectivity index (χ4n) is 4.78. The van der Waals surface area contributed by atoms with E-state index in [4.69, 9.17) is 15.3 Å². The van der Waals surface area contributed by atoms with Gasteiger partial charge in [0.15, 0.2) is 0 Å². The number of carbonyl (C=O) groups excluding carboxylic acids is 1. The summed E-state index contributed by atoms with van der Waals surface area (Å²) >= 11 is 0. The minimum atomic E-state index is -0.886. The zero-order chi connectivity index (χ0) is 32.0. The van der Waals surface area contributed by atoms with Crippen LogP contribution in [0.4, 0.5) is 0 Å². The van der Waals surface area contributed by atoms with E-state index in [9.17, 15) is 9.59 Å². The second kappa shape index (κ2) is 17.3. The van der Waals surface area contributed by atoms with E-state index in [1.54, 1.807) is 4.90 Å². The summed E-state index contributed by atoms with van der Waals surface area (Å²) in [5.41, 5.74) is 6.94. The van der Waals surface area contributed by atoms with Gasteiger partial charge in [-0.2, -0.15) is 0 Å². The van der Waals surface area contributed by atoms with Crippen molar-refractivity contribution in [2.45, 2.75) is 92.4 Å². The molecule has 43 heavy (non-hydrogen) atoms. The lowest BCUT2D eigenvalue weighted by atomic mass is 9.86. The number of ether oxygens (including phenoxy) is 1. The molecule has 0 heterocycles. The number of hydrogen-bond donors (Lipinski definition) is 2. The fourth-order valence-corrected chi connectivity index (χ4v) is 4.78. The maximum atomic E-state index is 11.9. The molecule has 0 aliphatic heterocycles. The molecular formula is C37H50N2O4. The van der Waals surface area contributed by atoms with E-state index in [2.05, 4.69) is 64.1 Å². The van der Waals surface area contributed by atoms with Gasteiger partial charge in [-0.25, -0.2) is 0 Å². The minimum Gasteiger partial charge on any atom is -0.494 e.